The molecule has 1 saturated carbocycles. The average Bonchev–Trinajstić information content (AvgIpc) is 3.04. The number of thioether (sulfide) groups is 1. The molecule has 4 N–H and O–H groups in total. The van der Waals surface area contributed by atoms with Crippen molar-refractivity contribution >= 4 is 17.8 Å². The van der Waals surface area contributed by atoms with E-state index in [0.717, 1.165) is 18.5 Å². The fourth-order valence-corrected chi connectivity index (χ4v) is 4.41. The number of hydrogen-bond donors (Lipinski definition) is 4. The van der Waals surface area contributed by atoms with Crippen molar-refractivity contribution in [1.29, 1.82) is 0 Å². The minimum absolute atomic E-state index is 0.00676. The number of rotatable bonds is 4. The van der Waals surface area contributed by atoms with Gasteiger partial charge in [0.05, 0.1) is 6.04 Å². The first kappa shape index (κ1) is 16.6. The molecule has 2 aliphatic rings. The maximum absolute atomic E-state index is 12.4. The molecule has 23 heavy (non-hydrogen) atoms. The zero-order chi connectivity index (χ0) is 16.2. The van der Waals surface area contributed by atoms with E-state index >= 15 is 0 Å². The Morgan fingerprint density at radius 3 is 3.00 bits per heavy atom. The SMILES string of the molecule is CSc1ccccc1[C@H](C)NC(=O)NC1CCCC2CNNC21. The van der Waals surface area contributed by atoms with E-state index in [-0.39, 0.29) is 18.1 Å². The molecule has 1 aliphatic carbocycles. The summed E-state index contributed by atoms with van der Waals surface area (Å²) in [6.45, 7) is 3.04. The van der Waals surface area contributed by atoms with Crippen LogP contribution >= 0.6 is 11.8 Å². The molecule has 1 aromatic rings. The number of carbonyl (C=O) groups excluding carboxylic acids is 1. The second-order valence-corrected chi connectivity index (χ2v) is 7.28. The highest BCUT2D eigenvalue weighted by molar-refractivity contribution is 7.98. The van der Waals surface area contributed by atoms with Crippen LogP contribution in [0.2, 0.25) is 0 Å². The summed E-state index contributed by atoms with van der Waals surface area (Å²) in [7, 11) is 0. The van der Waals surface area contributed by atoms with Gasteiger partial charge in [-0.05, 0) is 43.6 Å². The van der Waals surface area contributed by atoms with Crippen molar-refractivity contribution in [2.24, 2.45) is 5.92 Å². The Labute approximate surface area is 142 Å². The monoisotopic (exact) mass is 334 g/mol. The highest BCUT2D eigenvalue weighted by Crippen LogP contribution is 2.27. The Morgan fingerprint density at radius 1 is 1.35 bits per heavy atom. The molecule has 2 amide bonds. The van der Waals surface area contributed by atoms with Crippen LogP contribution in [-0.2, 0) is 0 Å². The third-order valence-corrected chi connectivity index (χ3v) is 5.75. The summed E-state index contributed by atoms with van der Waals surface area (Å²) >= 11 is 1.71. The fraction of sp³-hybridized carbons (Fsp3) is 0.588. The predicted octanol–water partition coefficient (Wildman–Crippen LogP) is 2.41. The summed E-state index contributed by atoms with van der Waals surface area (Å²) in [6, 6.07) is 8.69. The first-order valence-electron chi connectivity index (χ1n) is 8.37. The van der Waals surface area contributed by atoms with E-state index in [1.165, 1.54) is 17.7 Å². The molecule has 1 aromatic carbocycles. The van der Waals surface area contributed by atoms with Crippen molar-refractivity contribution in [2.45, 2.75) is 49.2 Å². The smallest absolute Gasteiger partial charge is 0.315 e. The van der Waals surface area contributed by atoms with E-state index in [4.69, 9.17) is 0 Å². The molecule has 0 spiro atoms. The number of benzene rings is 1. The molecular weight excluding hydrogens is 308 g/mol. The van der Waals surface area contributed by atoms with Gasteiger partial charge in [0.2, 0.25) is 0 Å². The number of fused-ring (bicyclic) bond motifs is 1. The zero-order valence-corrected chi connectivity index (χ0v) is 14.6. The van der Waals surface area contributed by atoms with Gasteiger partial charge in [-0.1, -0.05) is 24.6 Å². The fourth-order valence-electron chi connectivity index (χ4n) is 3.71. The molecule has 3 rings (SSSR count). The summed E-state index contributed by atoms with van der Waals surface area (Å²) in [5.41, 5.74) is 7.71. The van der Waals surface area contributed by atoms with E-state index in [1.807, 2.05) is 19.1 Å². The lowest BCUT2D eigenvalue weighted by Crippen LogP contribution is -2.55. The summed E-state index contributed by atoms with van der Waals surface area (Å²) in [4.78, 5) is 13.6. The van der Waals surface area contributed by atoms with E-state index in [2.05, 4.69) is 39.9 Å². The third kappa shape index (κ3) is 3.82. The van der Waals surface area contributed by atoms with Crippen molar-refractivity contribution < 1.29 is 4.79 Å². The molecule has 4 atom stereocenters. The molecule has 2 fully saturated rings. The van der Waals surface area contributed by atoms with Gasteiger partial charge in [0.15, 0.2) is 0 Å². The van der Waals surface area contributed by atoms with Crippen molar-refractivity contribution in [3.8, 4) is 0 Å². The lowest BCUT2D eigenvalue weighted by molar-refractivity contribution is 0.215. The summed E-state index contributed by atoms with van der Waals surface area (Å²) in [6.07, 6.45) is 5.52. The average molecular weight is 334 g/mol. The maximum atomic E-state index is 12.4. The van der Waals surface area contributed by atoms with Crippen molar-refractivity contribution in [1.82, 2.24) is 21.5 Å². The van der Waals surface area contributed by atoms with Crippen LogP contribution in [0.5, 0.6) is 0 Å². The van der Waals surface area contributed by atoms with Gasteiger partial charge in [0, 0.05) is 23.5 Å². The molecule has 126 valence electrons. The van der Waals surface area contributed by atoms with E-state index < -0.39 is 0 Å². The van der Waals surface area contributed by atoms with Crippen LogP contribution < -0.4 is 21.5 Å². The van der Waals surface area contributed by atoms with Gasteiger partial charge < -0.3 is 10.6 Å². The van der Waals surface area contributed by atoms with Crippen LogP contribution in [0.4, 0.5) is 4.79 Å². The molecule has 1 aliphatic heterocycles. The van der Waals surface area contributed by atoms with Gasteiger partial charge in [-0.3, -0.25) is 10.9 Å². The predicted molar refractivity (Wildman–Crippen MR) is 94.4 cm³/mol. The Morgan fingerprint density at radius 2 is 2.17 bits per heavy atom. The number of hydrogen-bond acceptors (Lipinski definition) is 4. The van der Waals surface area contributed by atoms with Gasteiger partial charge in [-0.15, -0.1) is 11.8 Å². The molecule has 0 bridgehead atoms. The summed E-state index contributed by atoms with van der Waals surface area (Å²) in [5.74, 6) is 0.628. The summed E-state index contributed by atoms with van der Waals surface area (Å²) < 4.78 is 0. The van der Waals surface area contributed by atoms with Gasteiger partial charge in [-0.25, -0.2) is 4.79 Å². The Kier molecular flexibility index (Phi) is 5.46. The molecule has 5 nitrogen and oxygen atoms in total. The maximum Gasteiger partial charge on any atom is 0.315 e. The molecule has 1 heterocycles. The van der Waals surface area contributed by atoms with Crippen LogP contribution in [-0.4, -0.2) is 30.9 Å². The summed E-state index contributed by atoms with van der Waals surface area (Å²) in [5, 5.41) is 6.26. The number of carbonyl (C=O) groups is 1. The normalized spacial score (nSPS) is 28.0. The molecular formula is C17H26N4OS. The second-order valence-electron chi connectivity index (χ2n) is 6.43. The molecule has 6 heteroatoms. The Hall–Kier alpha value is -1.24. The van der Waals surface area contributed by atoms with Crippen molar-refractivity contribution in [3.05, 3.63) is 29.8 Å². The second kappa shape index (κ2) is 7.55. The Bertz CT molecular complexity index is 553. The number of hydrazine groups is 1. The lowest BCUT2D eigenvalue weighted by Gasteiger charge is -2.33. The van der Waals surface area contributed by atoms with Crippen molar-refractivity contribution in [3.63, 3.8) is 0 Å². The van der Waals surface area contributed by atoms with Crippen LogP contribution in [0.25, 0.3) is 0 Å². The number of urea groups is 1. The quantitative estimate of drug-likeness (QED) is 0.639. The van der Waals surface area contributed by atoms with E-state index in [1.54, 1.807) is 11.8 Å². The zero-order valence-electron chi connectivity index (χ0n) is 13.8. The molecule has 3 unspecified atom stereocenters. The standard InChI is InChI=1S/C17H26N4OS/c1-11(13-7-3-4-9-15(13)23-2)19-17(22)20-14-8-5-6-12-10-18-21-16(12)14/h3-4,7,9,11-12,14,16,18,21H,5-6,8,10H2,1-2H3,(H2,19,20,22)/t11-,12?,14?,16?/m0/s1. The lowest BCUT2D eigenvalue weighted by atomic mass is 9.82. The van der Waals surface area contributed by atoms with Crippen LogP contribution in [0, 0.1) is 5.92 Å². The van der Waals surface area contributed by atoms with Crippen LogP contribution in [0.15, 0.2) is 29.2 Å². The highest BCUT2D eigenvalue weighted by atomic mass is 32.2. The minimum atomic E-state index is -0.0762. The third-order valence-electron chi connectivity index (χ3n) is 4.93. The minimum Gasteiger partial charge on any atom is -0.334 e. The topological polar surface area (TPSA) is 65.2 Å². The van der Waals surface area contributed by atoms with Gasteiger partial charge in [0.1, 0.15) is 0 Å². The van der Waals surface area contributed by atoms with Crippen LogP contribution in [0.3, 0.4) is 0 Å². The van der Waals surface area contributed by atoms with E-state index in [9.17, 15) is 4.79 Å². The van der Waals surface area contributed by atoms with Gasteiger partial charge in [-0.2, -0.15) is 0 Å². The Balaban J connectivity index is 1.58. The highest BCUT2D eigenvalue weighted by Gasteiger charge is 2.37. The molecule has 1 saturated heterocycles. The van der Waals surface area contributed by atoms with Crippen LogP contribution in [0.1, 0.15) is 37.8 Å². The number of amides is 2. The molecule has 0 radical (unpaired) electrons. The van der Waals surface area contributed by atoms with E-state index in [0.29, 0.717) is 12.0 Å². The van der Waals surface area contributed by atoms with Crippen molar-refractivity contribution in [2.75, 3.05) is 12.8 Å². The largest absolute Gasteiger partial charge is 0.334 e. The van der Waals surface area contributed by atoms with Gasteiger partial charge in [0.25, 0.3) is 0 Å². The first-order valence-corrected chi connectivity index (χ1v) is 9.60. The first-order chi connectivity index (χ1) is 11.2. The van der Waals surface area contributed by atoms with Gasteiger partial charge >= 0.3 is 6.03 Å². The molecule has 0 aromatic heterocycles. The number of nitrogens with one attached hydrogen (secondary N) is 4.